The number of aromatic nitrogens is 1. The number of likely N-dealkylation sites (tertiary alicyclic amines) is 1. The van der Waals surface area contributed by atoms with Crippen LogP contribution >= 0.6 is 0 Å². The van der Waals surface area contributed by atoms with Crippen molar-refractivity contribution in [3.8, 4) is 0 Å². The summed E-state index contributed by atoms with van der Waals surface area (Å²) < 4.78 is 39.5. The molecule has 0 unspecified atom stereocenters. The van der Waals surface area contributed by atoms with Gasteiger partial charge in [-0.2, -0.15) is 13.2 Å². The van der Waals surface area contributed by atoms with E-state index in [-0.39, 0.29) is 18.9 Å². The van der Waals surface area contributed by atoms with Crippen LogP contribution in [0.1, 0.15) is 58.0 Å². The van der Waals surface area contributed by atoms with Crippen molar-refractivity contribution in [2.45, 2.75) is 45.3 Å². The molecule has 6 nitrogen and oxygen atoms in total. The van der Waals surface area contributed by atoms with Crippen LogP contribution in [0.4, 0.5) is 24.7 Å². The number of nitrogens with zero attached hydrogens (tertiary/aromatic N) is 4. The van der Waals surface area contributed by atoms with Gasteiger partial charge in [0.25, 0.3) is 11.8 Å². The largest absolute Gasteiger partial charge is 0.393 e. The van der Waals surface area contributed by atoms with Gasteiger partial charge >= 0.3 is 6.18 Å². The fourth-order valence-electron chi connectivity index (χ4n) is 5.23. The molecule has 0 bridgehead atoms. The predicted molar refractivity (Wildman–Crippen MR) is 121 cm³/mol. The molecular formula is C25H27F3N4O2. The van der Waals surface area contributed by atoms with E-state index >= 15 is 0 Å². The Labute approximate surface area is 196 Å². The number of halogens is 3. The van der Waals surface area contributed by atoms with Gasteiger partial charge < -0.3 is 14.7 Å². The number of fused-ring (bicyclic) bond motifs is 2. The summed E-state index contributed by atoms with van der Waals surface area (Å²) in [6.07, 6.45) is -0.790. The van der Waals surface area contributed by atoms with Crippen molar-refractivity contribution in [3.63, 3.8) is 0 Å². The number of hydrogen-bond acceptors (Lipinski definition) is 4. The van der Waals surface area contributed by atoms with Crippen LogP contribution in [0, 0.1) is 5.92 Å². The molecule has 0 radical (unpaired) electrons. The van der Waals surface area contributed by atoms with Gasteiger partial charge in [-0.3, -0.25) is 9.59 Å². The van der Waals surface area contributed by atoms with Crippen molar-refractivity contribution in [1.29, 1.82) is 0 Å². The summed E-state index contributed by atoms with van der Waals surface area (Å²) in [6.45, 7) is 4.01. The number of carbonyl (C=O) groups is 2. The topological polar surface area (TPSA) is 56.8 Å². The predicted octanol–water partition coefficient (Wildman–Crippen LogP) is 4.56. The van der Waals surface area contributed by atoms with Gasteiger partial charge in [0.15, 0.2) is 0 Å². The molecule has 2 amide bonds. The minimum atomic E-state index is -4.29. The third-order valence-corrected chi connectivity index (χ3v) is 7.11. The van der Waals surface area contributed by atoms with E-state index in [1.807, 2.05) is 25.1 Å². The average molecular weight is 473 g/mol. The van der Waals surface area contributed by atoms with E-state index in [0.29, 0.717) is 31.6 Å². The molecule has 0 spiro atoms. The Morgan fingerprint density at radius 3 is 2.74 bits per heavy atom. The first kappa shape index (κ1) is 22.7. The summed E-state index contributed by atoms with van der Waals surface area (Å²) in [6, 6.07) is 7.60. The molecule has 1 fully saturated rings. The number of aryl methyl sites for hydroxylation is 1. The highest BCUT2D eigenvalue weighted by molar-refractivity contribution is 5.99. The summed E-state index contributed by atoms with van der Waals surface area (Å²) in [7, 11) is 0. The molecule has 34 heavy (non-hydrogen) atoms. The molecule has 2 aromatic rings. The quantitative estimate of drug-likeness (QED) is 0.658. The number of piperidine rings is 1. The van der Waals surface area contributed by atoms with Crippen molar-refractivity contribution in [2.24, 2.45) is 5.92 Å². The van der Waals surface area contributed by atoms with Crippen LogP contribution < -0.4 is 4.90 Å². The fourth-order valence-corrected chi connectivity index (χ4v) is 5.23. The molecule has 9 heteroatoms. The van der Waals surface area contributed by atoms with Crippen LogP contribution in [0.2, 0.25) is 0 Å². The number of alkyl halides is 3. The summed E-state index contributed by atoms with van der Waals surface area (Å²) in [5.41, 5.74) is 3.92. The molecule has 180 valence electrons. The number of anilines is 2. The Morgan fingerprint density at radius 1 is 1.15 bits per heavy atom. The van der Waals surface area contributed by atoms with Crippen molar-refractivity contribution in [3.05, 3.63) is 52.7 Å². The Balaban J connectivity index is 1.38. The minimum absolute atomic E-state index is 0.0508. The van der Waals surface area contributed by atoms with Crippen LogP contribution in [0.15, 0.2) is 30.5 Å². The molecule has 1 saturated heterocycles. The minimum Gasteiger partial charge on any atom is -0.338 e. The van der Waals surface area contributed by atoms with Gasteiger partial charge in [-0.15, -0.1) is 0 Å². The Kier molecular flexibility index (Phi) is 5.73. The fraction of sp³-hybridized carbons (Fsp3) is 0.480. The second-order valence-electron chi connectivity index (χ2n) is 9.25. The average Bonchev–Trinajstić information content (AvgIpc) is 3.17. The maximum Gasteiger partial charge on any atom is 0.393 e. The lowest BCUT2D eigenvalue weighted by Crippen LogP contribution is -2.44. The molecule has 3 aliphatic heterocycles. The zero-order valence-electron chi connectivity index (χ0n) is 19.1. The van der Waals surface area contributed by atoms with E-state index in [0.717, 1.165) is 47.6 Å². The molecule has 1 aromatic heterocycles. The highest BCUT2D eigenvalue weighted by atomic mass is 19.4. The lowest BCUT2D eigenvalue weighted by molar-refractivity contribution is -0.184. The molecule has 0 aliphatic carbocycles. The van der Waals surface area contributed by atoms with Gasteiger partial charge in [0, 0.05) is 50.2 Å². The maximum absolute atomic E-state index is 13.2. The lowest BCUT2D eigenvalue weighted by Gasteiger charge is -2.34. The van der Waals surface area contributed by atoms with Crippen LogP contribution in [0.25, 0.3) is 0 Å². The number of hydrogen-bond donors (Lipinski definition) is 0. The molecule has 3 aliphatic rings. The van der Waals surface area contributed by atoms with Crippen LogP contribution in [-0.2, 0) is 13.0 Å². The normalized spacial score (nSPS) is 20.4. The van der Waals surface area contributed by atoms with Gasteiger partial charge in [0.1, 0.15) is 5.82 Å². The third kappa shape index (κ3) is 4.01. The maximum atomic E-state index is 13.2. The lowest BCUT2D eigenvalue weighted by atomic mass is 9.96. The molecule has 1 atom stereocenters. The molecule has 1 aromatic carbocycles. The van der Waals surface area contributed by atoms with E-state index in [4.69, 9.17) is 0 Å². The zero-order valence-corrected chi connectivity index (χ0v) is 19.1. The highest BCUT2D eigenvalue weighted by Crippen LogP contribution is 2.36. The second kappa shape index (κ2) is 8.60. The molecule has 5 rings (SSSR count). The van der Waals surface area contributed by atoms with E-state index in [1.165, 1.54) is 11.1 Å². The van der Waals surface area contributed by atoms with Crippen molar-refractivity contribution >= 4 is 23.3 Å². The second-order valence-corrected chi connectivity index (χ2v) is 9.25. The summed E-state index contributed by atoms with van der Waals surface area (Å²) >= 11 is 0. The number of benzene rings is 1. The first-order valence-electron chi connectivity index (χ1n) is 11.8. The zero-order chi connectivity index (χ0) is 24.0. The molecule has 0 N–H and O–H groups in total. The van der Waals surface area contributed by atoms with Crippen LogP contribution in [0.3, 0.4) is 0 Å². The van der Waals surface area contributed by atoms with E-state index in [1.54, 1.807) is 11.0 Å². The van der Waals surface area contributed by atoms with Crippen LogP contribution in [-0.4, -0.2) is 59.0 Å². The van der Waals surface area contributed by atoms with E-state index in [9.17, 15) is 22.8 Å². The third-order valence-electron chi connectivity index (χ3n) is 7.11. The van der Waals surface area contributed by atoms with Gasteiger partial charge in [-0.1, -0.05) is 0 Å². The van der Waals surface area contributed by atoms with Crippen molar-refractivity contribution in [1.82, 2.24) is 14.8 Å². The smallest absolute Gasteiger partial charge is 0.338 e. The summed E-state index contributed by atoms with van der Waals surface area (Å²) in [5, 5.41) is 0. The Bertz CT molecular complexity index is 1130. The van der Waals surface area contributed by atoms with Crippen LogP contribution in [0.5, 0.6) is 0 Å². The van der Waals surface area contributed by atoms with Gasteiger partial charge in [-0.25, -0.2) is 4.98 Å². The molecular weight excluding hydrogens is 445 g/mol. The first-order chi connectivity index (χ1) is 16.3. The monoisotopic (exact) mass is 472 g/mol. The highest BCUT2D eigenvalue weighted by Gasteiger charge is 2.43. The first-order valence-corrected chi connectivity index (χ1v) is 11.8. The Hall–Kier alpha value is -3.10. The van der Waals surface area contributed by atoms with Gasteiger partial charge in [0.05, 0.1) is 11.5 Å². The van der Waals surface area contributed by atoms with E-state index < -0.39 is 18.0 Å². The molecule has 0 saturated carbocycles. The standard InChI is InChI=1S/C25H27F3N4O2/c1-2-30-14-18-12-20(7-8-21(18)24(30)34)32-10-3-5-16-11-17(13-29-22(16)32)23(33)31-9-4-6-19(15-31)25(26,27)28/h7-8,11-13,19H,2-6,9-10,14-15H2,1H3/t19-/m0/s1. The summed E-state index contributed by atoms with van der Waals surface area (Å²) in [5.74, 6) is -1.06. The van der Waals surface area contributed by atoms with Crippen molar-refractivity contribution < 1.29 is 22.8 Å². The van der Waals surface area contributed by atoms with Gasteiger partial charge in [0.2, 0.25) is 0 Å². The number of pyridine rings is 1. The number of amides is 2. The SMILES string of the molecule is CCN1Cc2cc(N3CCCc4cc(C(=O)N5CCC[C@H](C(F)(F)F)C5)cnc43)ccc2C1=O. The van der Waals surface area contributed by atoms with E-state index in [2.05, 4.69) is 9.88 Å². The van der Waals surface area contributed by atoms with Crippen molar-refractivity contribution in [2.75, 3.05) is 31.1 Å². The summed E-state index contributed by atoms with van der Waals surface area (Å²) in [4.78, 5) is 35.2. The Morgan fingerprint density at radius 2 is 1.97 bits per heavy atom. The number of rotatable bonds is 3. The number of carbonyl (C=O) groups excluding carboxylic acids is 2. The van der Waals surface area contributed by atoms with Gasteiger partial charge in [-0.05, 0) is 68.0 Å². The molecule has 4 heterocycles.